The van der Waals surface area contributed by atoms with Gasteiger partial charge in [0.05, 0.1) is 11.4 Å². The molecule has 1 aliphatic carbocycles. The first-order chi connectivity index (χ1) is 12.2. The van der Waals surface area contributed by atoms with Crippen LogP contribution in [0, 0.1) is 0 Å². The van der Waals surface area contributed by atoms with Crippen molar-refractivity contribution in [2.45, 2.75) is 12.8 Å². The minimum absolute atomic E-state index is 0.214. The molecule has 0 spiro atoms. The second-order valence-corrected chi connectivity index (χ2v) is 6.15. The van der Waals surface area contributed by atoms with Gasteiger partial charge >= 0.3 is 0 Å². The number of nitrogens with zero attached hydrogens (tertiary/aromatic N) is 2. The van der Waals surface area contributed by atoms with E-state index in [4.69, 9.17) is 15.2 Å². The Morgan fingerprint density at radius 2 is 1.92 bits per heavy atom. The molecule has 0 unspecified atom stereocenters. The second-order valence-electron chi connectivity index (χ2n) is 6.15. The van der Waals surface area contributed by atoms with Crippen LogP contribution < -0.4 is 15.2 Å². The molecule has 2 aromatic carbocycles. The molecule has 2 N–H and O–H groups in total. The third-order valence-electron chi connectivity index (χ3n) is 4.73. The molecule has 0 radical (unpaired) electrons. The predicted octanol–water partition coefficient (Wildman–Crippen LogP) is 2.47. The Morgan fingerprint density at radius 3 is 2.80 bits per heavy atom. The van der Waals surface area contributed by atoms with Gasteiger partial charge in [0.1, 0.15) is 0 Å². The first-order valence-electron chi connectivity index (χ1n) is 8.12. The lowest BCUT2D eigenvalue weighted by molar-refractivity contribution is 0.0994. The van der Waals surface area contributed by atoms with Gasteiger partial charge < -0.3 is 15.2 Å². The number of aromatic nitrogens is 2. The minimum Gasteiger partial charge on any atom is -0.454 e. The van der Waals surface area contributed by atoms with Crippen molar-refractivity contribution in [1.82, 2.24) is 9.78 Å². The van der Waals surface area contributed by atoms with Gasteiger partial charge in [-0.2, -0.15) is 5.10 Å². The van der Waals surface area contributed by atoms with Crippen LogP contribution in [0.2, 0.25) is 0 Å². The summed E-state index contributed by atoms with van der Waals surface area (Å²) in [6.07, 6.45) is 1.62. The largest absolute Gasteiger partial charge is 0.454 e. The zero-order valence-electron chi connectivity index (χ0n) is 13.4. The van der Waals surface area contributed by atoms with Crippen LogP contribution in [0.4, 0.5) is 0 Å². The summed E-state index contributed by atoms with van der Waals surface area (Å²) in [6.45, 7) is 0.214. The molecular weight excluding hydrogens is 318 g/mol. The maximum absolute atomic E-state index is 11.9. The summed E-state index contributed by atoms with van der Waals surface area (Å²) in [7, 11) is 0. The van der Waals surface area contributed by atoms with Crippen LogP contribution in [0.15, 0.2) is 42.5 Å². The second kappa shape index (κ2) is 5.11. The molecule has 0 fully saturated rings. The number of carbonyl (C=O) groups excluding carboxylic acids is 1. The third-order valence-corrected chi connectivity index (χ3v) is 4.73. The average Bonchev–Trinajstić information content (AvgIpc) is 3.25. The number of ether oxygens (including phenoxy) is 2. The summed E-state index contributed by atoms with van der Waals surface area (Å²) in [5, 5.41) is 4.53. The average molecular weight is 333 g/mol. The minimum atomic E-state index is -0.505. The summed E-state index contributed by atoms with van der Waals surface area (Å²) >= 11 is 0. The fraction of sp³-hybridized carbons (Fsp3) is 0.158. The van der Waals surface area contributed by atoms with Gasteiger partial charge in [0.25, 0.3) is 5.91 Å². The third kappa shape index (κ3) is 2.04. The Bertz CT molecular complexity index is 1020. The molecule has 5 rings (SSSR count). The lowest BCUT2D eigenvalue weighted by Crippen LogP contribution is -2.15. The van der Waals surface area contributed by atoms with Crippen molar-refractivity contribution in [3.8, 4) is 28.4 Å². The van der Waals surface area contributed by atoms with Crippen molar-refractivity contribution >= 4 is 5.91 Å². The number of nitrogens with two attached hydrogens (primary N) is 1. The normalized spacial score (nSPS) is 14.1. The number of hydrogen-bond donors (Lipinski definition) is 1. The zero-order chi connectivity index (χ0) is 17.0. The van der Waals surface area contributed by atoms with Crippen LogP contribution >= 0.6 is 0 Å². The maximum atomic E-state index is 11.9. The number of benzene rings is 2. The predicted molar refractivity (Wildman–Crippen MR) is 91.0 cm³/mol. The molecule has 25 heavy (non-hydrogen) atoms. The van der Waals surface area contributed by atoms with E-state index in [-0.39, 0.29) is 6.79 Å². The molecule has 1 aromatic heterocycles. The van der Waals surface area contributed by atoms with Crippen LogP contribution in [-0.2, 0) is 12.8 Å². The Hall–Kier alpha value is -3.28. The van der Waals surface area contributed by atoms with Gasteiger partial charge in [-0.1, -0.05) is 24.3 Å². The molecular formula is C19H15N3O3. The summed E-state index contributed by atoms with van der Waals surface area (Å²) < 4.78 is 12.6. The lowest BCUT2D eigenvalue weighted by Gasteiger charge is -2.18. The van der Waals surface area contributed by atoms with Gasteiger partial charge in [-0.25, -0.2) is 4.68 Å². The highest BCUT2D eigenvalue weighted by Crippen LogP contribution is 2.39. The van der Waals surface area contributed by atoms with Crippen molar-refractivity contribution in [2.24, 2.45) is 5.73 Å². The first kappa shape index (κ1) is 14.1. The topological polar surface area (TPSA) is 79.4 Å². The molecule has 0 atom stereocenters. The molecule has 6 heteroatoms. The summed E-state index contributed by atoms with van der Waals surface area (Å²) in [5.74, 6) is 0.877. The summed E-state index contributed by atoms with van der Waals surface area (Å²) in [5.41, 5.74) is 10.9. The molecule has 1 amide bonds. The Kier molecular flexibility index (Phi) is 2.88. The van der Waals surface area contributed by atoms with E-state index in [0.29, 0.717) is 17.2 Å². The van der Waals surface area contributed by atoms with E-state index >= 15 is 0 Å². The molecule has 0 saturated heterocycles. The van der Waals surface area contributed by atoms with Gasteiger partial charge in [-0.3, -0.25) is 4.79 Å². The standard InChI is InChI=1S/C19H15N3O3/c20-19(23)17-14-7-5-11-3-1-2-4-13(11)18(14)22(21-17)12-6-8-15-16(9-12)25-10-24-15/h1-4,6,8-9H,5,7,10H2,(H2,20,23). The van der Waals surface area contributed by atoms with Crippen LogP contribution in [0.1, 0.15) is 21.6 Å². The van der Waals surface area contributed by atoms with Crippen molar-refractivity contribution in [3.63, 3.8) is 0 Å². The van der Waals surface area contributed by atoms with Crippen LogP contribution in [0.5, 0.6) is 11.5 Å². The Morgan fingerprint density at radius 1 is 1.08 bits per heavy atom. The van der Waals surface area contributed by atoms with Crippen LogP contribution in [0.3, 0.4) is 0 Å². The first-order valence-corrected chi connectivity index (χ1v) is 8.12. The highest BCUT2D eigenvalue weighted by Gasteiger charge is 2.28. The highest BCUT2D eigenvalue weighted by atomic mass is 16.7. The number of aryl methyl sites for hydroxylation is 1. The number of primary amides is 1. The molecule has 6 nitrogen and oxygen atoms in total. The van der Waals surface area contributed by atoms with Gasteiger partial charge in [0.2, 0.25) is 6.79 Å². The fourth-order valence-electron chi connectivity index (χ4n) is 3.59. The van der Waals surface area contributed by atoms with Gasteiger partial charge in [0.15, 0.2) is 17.2 Å². The van der Waals surface area contributed by atoms with E-state index in [9.17, 15) is 4.79 Å². The molecule has 2 aliphatic rings. The number of rotatable bonds is 2. The fourth-order valence-corrected chi connectivity index (χ4v) is 3.59. The quantitative estimate of drug-likeness (QED) is 0.781. The summed E-state index contributed by atoms with van der Waals surface area (Å²) in [6, 6.07) is 13.8. The maximum Gasteiger partial charge on any atom is 0.269 e. The molecule has 124 valence electrons. The number of carbonyl (C=O) groups is 1. The molecule has 1 aliphatic heterocycles. The number of fused-ring (bicyclic) bond motifs is 4. The lowest BCUT2D eigenvalue weighted by atomic mass is 9.88. The van der Waals surface area contributed by atoms with Crippen molar-refractivity contribution in [3.05, 3.63) is 59.3 Å². The van der Waals surface area contributed by atoms with E-state index in [0.717, 1.165) is 35.3 Å². The van der Waals surface area contributed by atoms with E-state index in [1.807, 2.05) is 30.3 Å². The highest BCUT2D eigenvalue weighted by molar-refractivity contribution is 5.95. The van der Waals surface area contributed by atoms with Gasteiger partial charge in [-0.05, 0) is 30.5 Å². The molecule has 0 bridgehead atoms. The van der Waals surface area contributed by atoms with Crippen molar-refractivity contribution in [2.75, 3.05) is 6.79 Å². The smallest absolute Gasteiger partial charge is 0.269 e. The van der Waals surface area contributed by atoms with Gasteiger partial charge in [-0.15, -0.1) is 0 Å². The zero-order valence-corrected chi connectivity index (χ0v) is 13.4. The van der Waals surface area contributed by atoms with E-state index in [1.54, 1.807) is 4.68 Å². The van der Waals surface area contributed by atoms with Crippen LogP contribution in [-0.4, -0.2) is 22.5 Å². The van der Waals surface area contributed by atoms with Crippen LogP contribution in [0.25, 0.3) is 16.9 Å². The SMILES string of the molecule is NC(=O)c1nn(-c2ccc3c(c2)OCO3)c2c1CCc1ccccc1-2. The number of hydrogen-bond acceptors (Lipinski definition) is 4. The van der Waals surface area contributed by atoms with E-state index < -0.39 is 5.91 Å². The molecule has 3 aromatic rings. The molecule has 0 saturated carbocycles. The number of amides is 1. The van der Waals surface area contributed by atoms with E-state index in [1.165, 1.54) is 5.56 Å². The van der Waals surface area contributed by atoms with Crippen molar-refractivity contribution < 1.29 is 14.3 Å². The van der Waals surface area contributed by atoms with E-state index in [2.05, 4.69) is 17.2 Å². The monoisotopic (exact) mass is 333 g/mol. The van der Waals surface area contributed by atoms with Crippen molar-refractivity contribution in [1.29, 1.82) is 0 Å². The van der Waals surface area contributed by atoms with Gasteiger partial charge in [0, 0.05) is 17.2 Å². The molecule has 2 heterocycles. The Labute approximate surface area is 143 Å². The Balaban J connectivity index is 1.77. The summed E-state index contributed by atoms with van der Waals surface area (Å²) in [4.78, 5) is 11.9.